The largest absolute Gasteiger partial charge is 0.485 e. The van der Waals surface area contributed by atoms with Crippen molar-refractivity contribution in [2.75, 3.05) is 50.2 Å². The molecule has 0 saturated carbocycles. The van der Waals surface area contributed by atoms with Gasteiger partial charge in [0.1, 0.15) is 24.7 Å². The molecule has 34 heavy (non-hydrogen) atoms. The van der Waals surface area contributed by atoms with Crippen LogP contribution in [0.15, 0.2) is 18.3 Å². The fraction of sp³-hybridized carbons (Fsp3) is 0.458. The second-order valence-electron chi connectivity index (χ2n) is 8.59. The first-order chi connectivity index (χ1) is 16.5. The van der Waals surface area contributed by atoms with Gasteiger partial charge in [-0.25, -0.2) is 0 Å². The summed E-state index contributed by atoms with van der Waals surface area (Å²) in [6.07, 6.45) is 2.89. The Morgan fingerprint density at radius 2 is 1.91 bits per heavy atom. The van der Waals surface area contributed by atoms with Crippen molar-refractivity contribution in [3.63, 3.8) is 0 Å². The molecule has 1 fully saturated rings. The molecule has 3 N–H and O–H groups in total. The summed E-state index contributed by atoms with van der Waals surface area (Å²) in [5, 5.41) is 7.73. The number of anilines is 3. The monoisotopic (exact) mass is 466 g/mol. The summed E-state index contributed by atoms with van der Waals surface area (Å²) in [7, 11) is 0. The number of H-pyrrole nitrogens is 1. The molecule has 1 atom stereocenters. The van der Waals surface area contributed by atoms with Crippen molar-refractivity contribution >= 4 is 34.4 Å². The predicted molar refractivity (Wildman–Crippen MR) is 129 cm³/mol. The number of carbonyl (C=O) groups is 1. The number of rotatable bonds is 6. The second kappa shape index (κ2) is 9.38. The van der Waals surface area contributed by atoms with Gasteiger partial charge in [-0.1, -0.05) is 6.92 Å². The number of aromatic amines is 1. The maximum absolute atomic E-state index is 13.1. The van der Waals surface area contributed by atoms with Crippen molar-refractivity contribution in [1.82, 2.24) is 19.9 Å². The standard InChI is InChI=1S/C24H30N6O4/c1-4-15(3)26-22-18-14(2)13-25-21(18)28-24(29-22)27-17-6-5-16(19-20(17)34-12-11-33-19)23(31)30-7-9-32-10-8-30/h5-6,13,15H,4,7-12H2,1-3H3,(H3,25,26,27,28,29)/t15-/m0/s1. The first kappa shape index (κ1) is 22.3. The van der Waals surface area contributed by atoms with E-state index in [1.165, 1.54) is 0 Å². The molecule has 1 amide bonds. The van der Waals surface area contributed by atoms with Gasteiger partial charge in [0.2, 0.25) is 5.95 Å². The van der Waals surface area contributed by atoms with Gasteiger partial charge in [0.15, 0.2) is 11.5 Å². The van der Waals surface area contributed by atoms with E-state index in [0.29, 0.717) is 68.2 Å². The van der Waals surface area contributed by atoms with Crippen LogP contribution in [-0.4, -0.2) is 71.3 Å². The molecule has 10 nitrogen and oxygen atoms in total. The molecule has 3 aromatic rings. The van der Waals surface area contributed by atoms with Crippen LogP contribution in [0.4, 0.5) is 17.5 Å². The Balaban J connectivity index is 1.49. The number of nitrogens with one attached hydrogen (secondary N) is 3. The summed E-state index contributed by atoms with van der Waals surface area (Å²) in [6.45, 7) is 9.25. The van der Waals surface area contributed by atoms with E-state index in [2.05, 4.69) is 34.4 Å². The zero-order valence-corrected chi connectivity index (χ0v) is 19.7. The zero-order valence-electron chi connectivity index (χ0n) is 19.7. The van der Waals surface area contributed by atoms with Crippen LogP contribution in [0.25, 0.3) is 11.0 Å². The molecule has 2 aliphatic heterocycles. The van der Waals surface area contributed by atoms with E-state index in [4.69, 9.17) is 19.2 Å². The fourth-order valence-electron chi connectivity index (χ4n) is 4.14. The summed E-state index contributed by atoms with van der Waals surface area (Å²) in [5.74, 6) is 2.04. The van der Waals surface area contributed by atoms with Crippen LogP contribution in [0.2, 0.25) is 0 Å². The van der Waals surface area contributed by atoms with Crippen LogP contribution in [0.1, 0.15) is 36.2 Å². The highest BCUT2D eigenvalue weighted by atomic mass is 16.6. The van der Waals surface area contributed by atoms with Crippen molar-refractivity contribution in [1.29, 1.82) is 0 Å². The number of ether oxygens (including phenoxy) is 3. The normalized spacial score (nSPS) is 16.4. The fourth-order valence-corrected chi connectivity index (χ4v) is 4.14. The van der Waals surface area contributed by atoms with Gasteiger partial charge < -0.3 is 34.7 Å². The lowest BCUT2D eigenvalue weighted by Gasteiger charge is -2.29. The number of nitrogens with zero attached hydrogens (tertiary/aromatic N) is 3. The average molecular weight is 467 g/mol. The zero-order chi connectivity index (χ0) is 23.7. The molecular weight excluding hydrogens is 436 g/mol. The van der Waals surface area contributed by atoms with Gasteiger partial charge in [0.25, 0.3) is 5.91 Å². The molecule has 2 aliphatic rings. The van der Waals surface area contributed by atoms with Gasteiger partial charge in [-0.2, -0.15) is 9.97 Å². The molecule has 4 heterocycles. The summed E-state index contributed by atoms with van der Waals surface area (Å²) in [5.41, 5.74) is 2.95. The maximum atomic E-state index is 13.1. The average Bonchev–Trinajstić information content (AvgIpc) is 3.25. The minimum atomic E-state index is -0.0869. The van der Waals surface area contributed by atoms with Gasteiger partial charge in [-0.3, -0.25) is 4.79 Å². The molecule has 5 rings (SSSR count). The van der Waals surface area contributed by atoms with E-state index < -0.39 is 0 Å². The third-order valence-electron chi connectivity index (χ3n) is 6.19. The number of hydrogen-bond donors (Lipinski definition) is 3. The SMILES string of the molecule is CC[C@H](C)Nc1nc(Nc2ccc(C(=O)N3CCOCC3)c3c2OCCO3)nc2[nH]cc(C)c12. The first-order valence-corrected chi connectivity index (χ1v) is 11.7. The lowest BCUT2D eigenvalue weighted by atomic mass is 10.1. The van der Waals surface area contributed by atoms with E-state index in [1.54, 1.807) is 11.0 Å². The lowest BCUT2D eigenvalue weighted by Crippen LogP contribution is -2.41. The van der Waals surface area contributed by atoms with Crippen LogP contribution in [0.3, 0.4) is 0 Å². The van der Waals surface area contributed by atoms with E-state index in [0.717, 1.165) is 28.8 Å². The molecule has 0 radical (unpaired) electrons. The van der Waals surface area contributed by atoms with E-state index >= 15 is 0 Å². The van der Waals surface area contributed by atoms with Crippen LogP contribution >= 0.6 is 0 Å². The smallest absolute Gasteiger partial charge is 0.257 e. The van der Waals surface area contributed by atoms with Gasteiger partial charge in [-0.15, -0.1) is 0 Å². The minimum Gasteiger partial charge on any atom is -0.485 e. The Kier molecular flexibility index (Phi) is 6.14. The number of aromatic nitrogens is 3. The number of benzene rings is 1. The van der Waals surface area contributed by atoms with Crippen molar-refractivity contribution in [2.45, 2.75) is 33.2 Å². The van der Waals surface area contributed by atoms with Gasteiger partial charge >= 0.3 is 0 Å². The quantitative estimate of drug-likeness (QED) is 0.506. The molecule has 10 heteroatoms. The van der Waals surface area contributed by atoms with E-state index in [9.17, 15) is 4.79 Å². The third kappa shape index (κ3) is 4.21. The van der Waals surface area contributed by atoms with Crippen LogP contribution in [0.5, 0.6) is 11.5 Å². The van der Waals surface area contributed by atoms with Crippen molar-refractivity contribution in [2.24, 2.45) is 0 Å². The molecule has 0 bridgehead atoms. The number of hydrogen-bond acceptors (Lipinski definition) is 8. The number of amides is 1. The molecule has 1 aromatic carbocycles. The number of fused-ring (bicyclic) bond motifs is 2. The van der Waals surface area contributed by atoms with E-state index in [-0.39, 0.29) is 11.9 Å². The molecule has 0 aliphatic carbocycles. The predicted octanol–water partition coefficient (Wildman–Crippen LogP) is 3.46. The number of carbonyl (C=O) groups excluding carboxylic acids is 1. The molecular formula is C24H30N6O4. The minimum absolute atomic E-state index is 0.0869. The molecule has 2 aromatic heterocycles. The Labute approximate surface area is 198 Å². The highest BCUT2D eigenvalue weighted by molar-refractivity contribution is 5.99. The summed E-state index contributed by atoms with van der Waals surface area (Å²) >= 11 is 0. The summed E-state index contributed by atoms with van der Waals surface area (Å²) in [4.78, 5) is 27.6. The molecule has 180 valence electrons. The van der Waals surface area contributed by atoms with Crippen molar-refractivity contribution in [3.8, 4) is 11.5 Å². The Morgan fingerprint density at radius 1 is 1.15 bits per heavy atom. The summed E-state index contributed by atoms with van der Waals surface area (Å²) in [6, 6.07) is 3.84. The van der Waals surface area contributed by atoms with Crippen LogP contribution < -0.4 is 20.1 Å². The van der Waals surface area contributed by atoms with Crippen molar-refractivity contribution in [3.05, 3.63) is 29.5 Å². The Hall–Kier alpha value is -3.53. The Morgan fingerprint density at radius 3 is 2.68 bits per heavy atom. The molecule has 0 unspecified atom stereocenters. The number of aryl methyl sites for hydroxylation is 1. The molecule has 0 spiro atoms. The van der Waals surface area contributed by atoms with Gasteiger partial charge in [0.05, 0.1) is 29.9 Å². The van der Waals surface area contributed by atoms with Crippen molar-refractivity contribution < 1.29 is 19.0 Å². The molecule has 1 saturated heterocycles. The van der Waals surface area contributed by atoms with Crippen LogP contribution in [0, 0.1) is 6.92 Å². The highest BCUT2D eigenvalue weighted by Crippen LogP contribution is 2.42. The second-order valence-corrected chi connectivity index (χ2v) is 8.59. The van der Waals surface area contributed by atoms with Crippen LogP contribution in [-0.2, 0) is 4.74 Å². The highest BCUT2D eigenvalue weighted by Gasteiger charge is 2.28. The topological polar surface area (TPSA) is 114 Å². The van der Waals surface area contributed by atoms with Gasteiger partial charge in [0, 0.05) is 25.3 Å². The first-order valence-electron chi connectivity index (χ1n) is 11.7. The number of morpholine rings is 1. The lowest BCUT2D eigenvalue weighted by molar-refractivity contribution is 0.0298. The summed E-state index contributed by atoms with van der Waals surface area (Å²) < 4.78 is 17.2. The Bertz CT molecular complexity index is 1200. The third-order valence-corrected chi connectivity index (χ3v) is 6.19. The van der Waals surface area contributed by atoms with Gasteiger partial charge in [-0.05, 0) is 38.0 Å². The van der Waals surface area contributed by atoms with E-state index in [1.807, 2.05) is 19.2 Å². The maximum Gasteiger partial charge on any atom is 0.257 e.